The van der Waals surface area contributed by atoms with Crippen molar-refractivity contribution in [2.75, 3.05) is 11.9 Å². The number of nitrogens with one attached hydrogen (secondary N) is 1. The first-order valence-electron chi connectivity index (χ1n) is 6.09. The van der Waals surface area contributed by atoms with Gasteiger partial charge in [0.2, 0.25) is 0 Å². The lowest BCUT2D eigenvalue weighted by Crippen LogP contribution is -2.38. The number of nitrogens with zero attached hydrogens (tertiary/aromatic N) is 1. The largest absolute Gasteiger partial charge is 0.322 e. The highest BCUT2D eigenvalue weighted by Crippen LogP contribution is 2.24. The van der Waals surface area contributed by atoms with Gasteiger partial charge < -0.3 is 10.2 Å². The van der Waals surface area contributed by atoms with Crippen LogP contribution in [0.25, 0.3) is 0 Å². The van der Waals surface area contributed by atoms with E-state index in [0.717, 1.165) is 6.42 Å². The molecule has 0 radical (unpaired) electrons. The molecule has 1 aromatic carbocycles. The van der Waals surface area contributed by atoms with Crippen molar-refractivity contribution in [3.05, 3.63) is 52.0 Å². The third-order valence-electron chi connectivity index (χ3n) is 3.17. The number of benzene rings is 1. The Morgan fingerprint density at radius 1 is 1.37 bits per heavy atom. The monoisotopic (exact) mass is 276 g/mol. The van der Waals surface area contributed by atoms with Gasteiger partial charge in [-0.25, -0.2) is 9.18 Å². The van der Waals surface area contributed by atoms with Crippen LogP contribution in [0.2, 0.25) is 0 Å². The smallest absolute Gasteiger partial charge is 0.320 e. The molecule has 0 aliphatic carbocycles. The fourth-order valence-electron chi connectivity index (χ4n) is 2.19. The van der Waals surface area contributed by atoms with Gasteiger partial charge >= 0.3 is 6.03 Å². The van der Waals surface area contributed by atoms with Gasteiger partial charge in [0.25, 0.3) is 0 Å². The van der Waals surface area contributed by atoms with Gasteiger partial charge in [0.15, 0.2) is 0 Å². The van der Waals surface area contributed by atoms with E-state index in [2.05, 4.69) is 16.8 Å². The van der Waals surface area contributed by atoms with Crippen molar-refractivity contribution in [2.24, 2.45) is 0 Å². The number of fused-ring (bicyclic) bond motifs is 1. The topological polar surface area (TPSA) is 32.3 Å². The summed E-state index contributed by atoms with van der Waals surface area (Å²) in [5.41, 5.74) is 1.70. The molecule has 1 aromatic heterocycles. The Kier molecular flexibility index (Phi) is 3.21. The molecule has 0 saturated heterocycles. The summed E-state index contributed by atoms with van der Waals surface area (Å²) < 4.78 is 13.1. The van der Waals surface area contributed by atoms with Crippen molar-refractivity contribution in [3.63, 3.8) is 0 Å². The van der Waals surface area contributed by atoms with Crippen LogP contribution in [0.4, 0.5) is 14.9 Å². The molecule has 0 atom stereocenters. The first kappa shape index (κ1) is 12.2. The normalized spacial score (nSPS) is 14.1. The second kappa shape index (κ2) is 5.01. The van der Waals surface area contributed by atoms with Crippen LogP contribution in [-0.2, 0) is 13.0 Å². The minimum absolute atomic E-state index is 0.178. The highest BCUT2D eigenvalue weighted by atomic mass is 32.1. The maximum atomic E-state index is 13.1. The highest BCUT2D eigenvalue weighted by molar-refractivity contribution is 7.10. The van der Waals surface area contributed by atoms with Gasteiger partial charge in [0, 0.05) is 23.7 Å². The fraction of sp³-hybridized carbons (Fsp3) is 0.214. The Morgan fingerprint density at radius 2 is 2.26 bits per heavy atom. The average Bonchev–Trinajstić information content (AvgIpc) is 2.85. The van der Waals surface area contributed by atoms with E-state index in [9.17, 15) is 9.18 Å². The molecule has 1 aliphatic rings. The summed E-state index contributed by atoms with van der Waals surface area (Å²) in [4.78, 5) is 15.2. The van der Waals surface area contributed by atoms with Gasteiger partial charge in [-0.15, -0.1) is 11.3 Å². The first-order valence-corrected chi connectivity index (χ1v) is 6.97. The fourth-order valence-corrected chi connectivity index (χ4v) is 3.08. The number of carbonyl (C=O) groups is 1. The van der Waals surface area contributed by atoms with Gasteiger partial charge in [-0.3, -0.25) is 0 Å². The summed E-state index contributed by atoms with van der Waals surface area (Å²) in [6.07, 6.45) is 0.892. The van der Waals surface area contributed by atoms with Gasteiger partial charge in [-0.2, -0.15) is 0 Å². The van der Waals surface area contributed by atoms with Crippen LogP contribution in [0.15, 0.2) is 35.7 Å². The Bertz CT molecular complexity index is 611. The zero-order valence-corrected chi connectivity index (χ0v) is 11.0. The molecule has 5 heteroatoms. The van der Waals surface area contributed by atoms with E-state index in [1.165, 1.54) is 22.6 Å². The second-order valence-electron chi connectivity index (χ2n) is 4.48. The van der Waals surface area contributed by atoms with Gasteiger partial charge in [-0.05, 0) is 41.6 Å². The molecule has 2 amide bonds. The van der Waals surface area contributed by atoms with Crippen molar-refractivity contribution in [2.45, 2.75) is 13.0 Å². The molecule has 2 heterocycles. The molecule has 19 heavy (non-hydrogen) atoms. The zero-order chi connectivity index (χ0) is 13.2. The molecule has 0 spiro atoms. The molecule has 2 aromatic rings. The van der Waals surface area contributed by atoms with E-state index in [1.54, 1.807) is 28.4 Å². The quantitative estimate of drug-likeness (QED) is 0.849. The Morgan fingerprint density at radius 3 is 3.11 bits per heavy atom. The molecule has 0 saturated carbocycles. The summed E-state index contributed by atoms with van der Waals surface area (Å²) in [6.45, 7) is 1.33. The summed E-state index contributed by atoms with van der Waals surface area (Å²) in [6, 6.07) is 7.81. The number of amides is 2. The Labute approximate surface area is 114 Å². The third-order valence-corrected chi connectivity index (χ3v) is 4.19. The van der Waals surface area contributed by atoms with E-state index in [0.29, 0.717) is 18.8 Å². The summed E-state index contributed by atoms with van der Waals surface area (Å²) in [5.74, 6) is -0.350. The van der Waals surface area contributed by atoms with E-state index in [1.807, 2.05) is 0 Å². The number of hydrogen-bond acceptors (Lipinski definition) is 2. The molecule has 0 fully saturated rings. The summed E-state index contributed by atoms with van der Waals surface area (Å²) in [5, 5.41) is 4.78. The maximum Gasteiger partial charge on any atom is 0.322 e. The summed E-state index contributed by atoms with van der Waals surface area (Å²) in [7, 11) is 0. The second-order valence-corrected chi connectivity index (χ2v) is 5.48. The predicted molar refractivity (Wildman–Crippen MR) is 73.9 cm³/mol. The zero-order valence-electron chi connectivity index (χ0n) is 10.2. The van der Waals surface area contributed by atoms with E-state index >= 15 is 0 Å². The number of hydrogen-bond donors (Lipinski definition) is 1. The van der Waals surface area contributed by atoms with Crippen molar-refractivity contribution in [1.82, 2.24) is 4.90 Å². The lowest BCUT2D eigenvalue weighted by Gasteiger charge is -2.27. The Hall–Kier alpha value is -1.88. The molecule has 98 valence electrons. The van der Waals surface area contributed by atoms with E-state index < -0.39 is 0 Å². The number of anilines is 1. The van der Waals surface area contributed by atoms with Crippen LogP contribution >= 0.6 is 11.3 Å². The van der Waals surface area contributed by atoms with E-state index in [4.69, 9.17) is 0 Å². The molecular weight excluding hydrogens is 263 g/mol. The average molecular weight is 276 g/mol. The van der Waals surface area contributed by atoms with Crippen molar-refractivity contribution in [3.8, 4) is 0 Å². The van der Waals surface area contributed by atoms with Gasteiger partial charge in [0.1, 0.15) is 5.82 Å². The van der Waals surface area contributed by atoms with E-state index in [-0.39, 0.29) is 11.8 Å². The number of carbonyl (C=O) groups excluding carboxylic acids is 1. The maximum absolute atomic E-state index is 13.1. The summed E-state index contributed by atoms with van der Waals surface area (Å²) >= 11 is 1.74. The van der Waals surface area contributed by atoms with Crippen molar-refractivity contribution >= 4 is 23.1 Å². The molecule has 1 aliphatic heterocycles. The highest BCUT2D eigenvalue weighted by Gasteiger charge is 2.21. The lowest BCUT2D eigenvalue weighted by molar-refractivity contribution is 0.207. The predicted octanol–water partition coefficient (Wildman–Crippen LogP) is 3.48. The minimum Gasteiger partial charge on any atom is -0.320 e. The molecular formula is C14H13FN2OS. The number of thiophene rings is 1. The van der Waals surface area contributed by atoms with Crippen LogP contribution in [0.1, 0.15) is 10.4 Å². The van der Waals surface area contributed by atoms with Gasteiger partial charge in [-0.1, -0.05) is 6.07 Å². The van der Waals surface area contributed by atoms with Crippen molar-refractivity contribution in [1.29, 1.82) is 0 Å². The minimum atomic E-state index is -0.350. The Balaban J connectivity index is 1.69. The van der Waals surface area contributed by atoms with Gasteiger partial charge in [0.05, 0.1) is 0 Å². The number of halogens is 1. The molecule has 0 unspecified atom stereocenters. The lowest BCUT2D eigenvalue weighted by atomic mass is 10.1. The standard InChI is InChI=1S/C14H13FN2OS/c15-11-2-1-3-12(8-11)16-14(18)17-6-4-13-10(9-17)5-7-19-13/h1-3,5,7-8H,4,6,9H2,(H,16,18). The van der Waals surface area contributed by atoms with Crippen molar-refractivity contribution < 1.29 is 9.18 Å². The third kappa shape index (κ3) is 2.61. The first-order chi connectivity index (χ1) is 9.22. The van der Waals surface area contributed by atoms with Crippen LogP contribution in [-0.4, -0.2) is 17.5 Å². The molecule has 3 rings (SSSR count). The molecule has 0 bridgehead atoms. The molecule has 1 N–H and O–H groups in total. The van der Waals surface area contributed by atoms with Crippen LogP contribution in [0, 0.1) is 5.82 Å². The number of rotatable bonds is 1. The van der Waals surface area contributed by atoms with Crippen LogP contribution < -0.4 is 5.32 Å². The number of urea groups is 1. The van der Waals surface area contributed by atoms with Crippen LogP contribution in [0.5, 0.6) is 0 Å². The SMILES string of the molecule is O=C(Nc1cccc(F)c1)N1CCc2sccc2C1. The van der Waals surface area contributed by atoms with Crippen LogP contribution in [0.3, 0.4) is 0 Å². The molecule has 3 nitrogen and oxygen atoms in total.